The first-order chi connectivity index (χ1) is 9.33. The highest BCUT2D eigenvalue weighted by atomic mass is 16.5. The van der Waals surface area contributed by atoms with Crippen molar-refractivity contribution in [2.45, 2.75) is 38.2 Å². The maximum Gasteiger partial charge on any atom is 0.119 e. The molecule has 1 atom stereocenters. The van der Waals surface area contributed by atoms with Crippen LogP contribution in [0.5, 0.6) is 5.75 Å². The Balaban J connectivity index is 1.63. The lowest BCUT2D eigenvalue weighted by Crippen LogP contribution is -2.21. The third kappa shape index (κ3) is 3.10. The molecule has 1 aliphatic heterocycles. The highest BCUT2D eigenvalue weighted by molar-refractivity contribution is 5.38. The van der Waals surface area contributed by atoms with Crippen LogP contribution in [0.25, 0.3) is 0 Å². The smallest absolute Gasteiger partial charge is 0.119 e. The first-order valence-corrected chi connectivity index (χ1v) is 7.34. The number of hydrogen-bond donors (Lipinski definition) is 1. The molecule has 104 valence electrons. The summed E-state index contributed by atoms with van der Waals surface area (Å²) < 4.78 is 11.2. The van der Waals surface area contributed by atoms with E-state index in [2.05, 4.69) is 6.07 Å². The van der Waals surface area contributed by atoms with Crippen molar-refractivity contribution in [3.63, 3.8) is 0 Å². The van der Waals surface area contributed by atoms with Crippen LogP contribution in [0.15, 0.2) is 18.2 Å². The van der Waals surface area contributed by atoms with Gasteiger partial charge in [-0.2, -0.15) is 0 Å². The fourth-order valence-electron chi connectivity index (χ4n) is 2.97. The topological polar surface area (TPSA) is 38.7 Å². The standard InChI is InChI=1S/C16H22O3/c17-16-3-1-2-13-4-5-14(10-15(13)16)19-11-12-6-8-18-9-7-12/h4-5,10,12,16-17H,1-3,6-9,11H2/t16-/m1/s1. The first-order valence-electron chi connectivity index (χ1n) is 7.34. The van der Waals surface area contributed by atoms with E-state index in [0.717, 1.165) is 63.2 Å². The van der Waals surface area contributed by atoms with E-state index in [1.54, 1.807) is 0 Å². The van der Waals surface area contributed by atoms with Gasteiger partial charge in [-0.15, -0.1) is 0 Å². The zero-order valence-corrected chi connectivity index (χ0v) is 11.3. The van der Waals surface area contributed by atoms with E-state index >= 15 is 0 Å². The Kier molecular flexibility index (Phi) is 4.04. The summed E-state index contributed by atoms with van der Waals surface area (Å²) in [5.41, 5.74) is 2.34. The lowest BCUT2D eigenvalue weighted by molar-refractivity contribution is 0.0497. The summed E-state index contributed by atoms with van der Waals surface area (Å²) in [4.78, 5) is 0. The third-order valence-corrected chi connectivity index (χ3v) is 4.23. The van der Waals surface area contributed by atoms with E-state index < -0.39 is 0 Å². The molecule has 0 spiro atoms. The molecule has 0 saturated carbocycles. The third-order valence-electron chi connectivity index (χ3n) is 4.23. The summed E-state index contributed by atoms with van der Waals surface area (Å²) in [6, 6.07) is 6.17. The largest absolute Gasteiger partial charge is 0.493 e. The van der Waals surface area contributed by atoms with Crippen LogP contribution in [0.2, 0.25) is 0 Å². The predicted octanol–water partition coefficient (Wildman–Crippen LogP) is 2.86. The Labute approximate surface area is 114 Å². The van der Waals surface area contributed by atoms with Crippen molar-refractivity contribution in [2.75, 3.05) is 19.8 Å². The Morgan fingerprint density at radius 2 is 2.05 bits per heavy atom. The number of aliphatic hydroxyl groups is 1. The van der Waals surface area contributed by atoms with Crippen LogP contribution in [0.4, 0.5) is 0 Å². The van der Waals surface area contributed by atoms with Crippen molar-refractivity contribution in [1.82, 2.24) is 0 Å². The van der Waals surface area contributed by atoms with Crippen molar-refractivity contribution in [3.8, 4) is 5.75 Å². The van der Waals surface area contributed by atoms with Crippen molar-refractivity contribution in [1.29, 1.82) is 0 Å². The van der Waals surface area contributed by atoms with Crippen LogP contribution in [-0.2, 0) is 11.2 Å². The van der Waals surface area contributed by atoms with Crippen LogP contribution >= 0.6 is 0 Å². The molecule has 2 aliphatic rings. The fraction of sp³-hybridized carbons (Fsp3) is 0.625. The molecule has 1 heterocycles. The zero-order valence-electron chi connectivity index (χ0n) is 11.3. The van der Waals surface area contributed by atoms with Crippen LogP contribution < -0.4 is 4.74 Å². The van der Waals surface area contributed by atoms with E-state index in [1.165, 1.54) is 5.56 Å². The maximum atomic E-state index is 10.0. The second-order valence-corrected chi connectivity index (χ2v) is 5.64. The normalized spacial score (nSPS) is 23.9. The Hall–Kier alpha value is -1.06. The van der Waals surface area contributed by atoms with Gasteiger partial charge in [0.25, 0.3) is 0 Å². The van der Waals surface area contributed by atoms with Gasteiger partial charge in [0.15, 0.2) is 0 Å². The van der Waals surface area contributed by atoms with Crippen LogP contribution in [0, 0.1) is 5.92 Å². The number of hydrogen-bond acceptors (Lipinski definition) is 3. The minimum Gasteiger partial charge on any atom is -0.493 e. The van der Waals surface area contributed by atoms with E-state index in [9.17, 15) is 5.11 Å². The van der Waals surface area contributed by atoms with Crippen LogP contribution in [-0.4, -0.2) is 24.9 Å². The molecule has 3 heteroatoms. The predicted molar refractivity (Wildman–Crippen MR) is 73.4 cm³/mol. The lowest BCUT2D eigenvalue weighted by Gasteiger charge is -2.24. The highest BCUT2D eigenvalue weighted by Gasteiger charge is 2.19. The summed E-state index contributed by atoms with van der Waals surface area (Å²) >= 11 is 0. The molecule has 0 unspecified atom stereocenters. The van der Waals surface area contributed by atoms with Gasteiger partial charge >= 0.3 is 0 Å². The second kappa shape index (κ2) is 5.93. The molecule has 0 radical (unpaired) electrons. The molecule has 1 aromatic rings. The molecule has 0 amide bonds. The number of aliphatic hydroxyl groups excluding tert-OH is 1. The van der Waals surface area contributed by atoms with E-state index in [0.29, 0.717) is 5.92 Å². The molecule has 19 heavy (non-hydrogen) atoms. The Morgan fingerprint density at radius 1 is 1.21 bits per heavy atom. The summed E-state index contributed by atoms with van der Waals surface area (Å²) in [5, 5.41) is 10.0. The summed E-state index contributed by atoms with van der Waals surface area (Å²) in [6.07, 6.45) is 4.90. The quantitative estimate of drug-likeness (QED) is 0.910. The molecule has 0 aromatic heterocycles. The van der Waals surface area contributed by atoms with Gasteiger partial charge in [-0.25, -0.2) is 0 Å². The summed E-state index contributed by atoms with van der Waals surface area (Å²) in [6.45, 7) is 2.48. The second-order valence-electron chi connectivity index (χ2n) is 5.64. The van der Waals surface area contributed by atoms with Crippen molar-refractivity contribution in [3.05, 3.63) is 29.3 Å². The molecule has 1 aliphatic carbocycles. The minimum absolute atomic E-state index is 0.310. The molecular weight excluding hydrogens is 240 g/mol. The van der Waals surface area contributed by atoms with Crippen LogP contribution in [0.3, 0.4) is 0 Å². The summed E-state index contributed by atoms with van der Waals surface area (Å²) in [7, 11) is 0. The fourth-order valence-corrected chi connectivity index (χ4v) is 2.97. The Bertz CT molecular complexity index is 424. The molecule has 0 bridgehead atoms. The van der Waals surface area contributed by atoms with E-state index in [4.69, 9.17) is 9.47 Å². The average molecular weight is 262 g/mol. The molecule has 1 fully saturated rings. The summed E-state index contributed by atoms with van der Waals surface area (Å²) in [5.74, 6) is 1.50. The first kappa shape index (κ1) is 12.9. The number of fused-ring (bicyclic) bond motifs is 1. The van der Waals surface area contributed by atoms with Crippen molar-refractivity contribution in [2.24, 2.45) is 5.92 Å². The molecule has 3 nitrogen and oxygen atoms in total. The van der Waals surface area contributed by atoms with Gasteiger partial charge in [0.2, 0.25) is 0 Å². The van der Waals surface area contributed by atoms with Gasteiger partial charge in [-0.3, -0.25) is 0 Å². The number of rotatable bonds is 3. The maximum absolute atomic E-state index is 10.0. The molecular formula is C16H22O3. The SMILES string of the molecule is O[C@@H]1CCCc2ccc(OCC3CCOCC3)cc21. The number of ether oxygens (including phenoxy) is 2. The number of benzene rings is 1. The van der Waals surface area contributed by atoms with Crippen molar-refractivity contribution < 1.29 is 14.6 Å². The van der Waals surface area contributed by atoms with Gasteiger partial charge < -0.3 is 14.6 Å². The highest BCUT2D eigenvalue weighted by Crippen LogP contribution is 2.32. The molecule has 1 saturated heterocycles. The van der Waals surface area contributed by atoms with Crippen LogP contribution in [0.1, 0.15) is 42.9 Å². The van der Waals surface area contributed by atoms with Crippen molar-refractivity contribution >= 4 is 0 Å². The van der Waals surface area contributed by atoms with Gasteiger partial charge in [-0.1, -0.05) is 6.07 Å². The van der Waals surface area contributed by atoms with E-state index in [-0.39, 0.29) is 6.10 Å². The molecule has 3 rings (SSSR count). The molecule has 1 N–H and O–H groups in total. The number of aryl methyl sites for hydroxylation is 1. The monoisotopic (exact) mass is 262 g/mol. The Morgan fingerprint density at radius 3 is 2.89 bits per heavy atom. The molecule has 1 aromatic carbocycles. The van der Waals surface area contributed by atoms with Gasteiger partial charge in [0, 0.05) is 13.2 Å². The lowest BCUT2D eigenvalue weighted by atomic mass is 9.89. The van der Waals surface area contributed by atoms with Gasteiger partial charge in [0.05, 0.1) is 12.7 Å². The zero-order chi connectivity index (χ0) is 13.1. The van der Waals surface area contributed by atoms with Gasteiger partial charge in [-0.05, 0) is 61.3 Å². The van der Waals surface area contributed by atoms with E-state index in [1.807, 2.05) is 12.1 Å². The average Bonchev–Trinajstić information content (AvgIpc) is 2.47. The minimum atomic E-state index is -0.310. The van der Waals surface area contributed by atoms with Gasteiger partial charge in [0.1, 0.15) is 5.75 Å².